The highest BCUT2D eigenvalue weighted by atomic mass is 35.5. The van der Waals surface area contributed by atoms with Crippen molar-refractivity contribution in [2.45, 2.75) is 19.4 Å². The van der Waals surface area contributed by atoms with Crippen LogP contribution in [0, 0.1) is 0 Å². The van der Waals surface area contributed by atoms with Crippen LogP contribution in [0.1, 0.15) is 11.4 Å². The quantitative estimate of drug-likeness (QED) is 0.884. The minimum atomic E-state index is 0.643. The van der Waals surface area contributed by atoms with Gasteiger partial charge in [-0.15, -0.1) is 0 Å². The van der Waals surface area contributed by atoms with Gasteiger partial charge in [0, 0.05) is 36.9 Å². The Hall–Kier alpha value is -1.32. The van der Waals surface area contributed by atoms with E-state index in [2.05, 4.69) is 21.7 Å². The highest BCUT2D eigenvalue weighted by Crippen LogP contribution is 2.11. The number of nitrogens with two attached hydrogens (primary N) is 1. The molecule has 1 heterocycles. The van der Waals surface area contributed by atoms with Crippen LogP contribution in [-0.4, -0.2) is 16.1 Å². The van der Waals surface area contributed by atoms with E-state index in [4.69, 9.17) is 17.3 Å². The van der Waals surface area contributed by atoms with Crippen molar-refractivity contribution in [2.75, 3.05) is 6.54 Å². The molecular weight excluding hydrogens is 234 g/mol. The summed E-state index contributed by atoms with van der Waals surface area (Å²) >= 11 is 5.85. The molecule has 90 valence electrons. The molecule has 0 spiro atoms. The molecule has 2 aromatic rings. The van der Waals surface area contributed by atoms with Crippen LogP contribution in [0.2, 0.25) is 5.02 Å². The number of nitrogens with zero attached hydrogens (tertiary/aromatic N) is 2. The van der Waals surface area contributed by atoms with Crippen LogP contribution in [0.3, 0.4) is 0 Å². The zero-order valence-corrected chi connectivity index (χ0v) is 10.4. The molecule has 0 atom stereocenters. The van der Waals surface area contributed by atoms with Gasteiger partial charge < -0.3 is 10.3 Å². The van der Waals surface area contributed by atoms with E-state index in [-0.39, 0.29) is 0 Å². The van der Waals surface area contributed by atoms with E-state index in [0.717, 1.165) is 30.2 Å². The van der Waals surface area contributed by atoms with Gasteiger partial charge in [-0.3, -0.25) is 0 Å². The lowest BCUT2D eigenvalue weighted by atomic mass is 10.1. The summed E-state index contributed by atoms with van der Waals surface area (Å²) in [6.07, 6.45) is 5.70. The minimum absolute atomic E-state index is 0.643. The van der Waals surface area contributed by atoms with E-state index in [1.54, 1.807) is 0 Å². The van der Waals surface area contributed by atoms with Gasteiger partial charge in [-0.2, -0.15) is 0 Å². The third-order valence-electron chi connectivity index (χ3n) is 2.72. The van der Waals surface area contributed by atoms with Crippen LogP contribution in [0.25, 0.3) is 0 Å². The van der Waals surface area contributed by atoms with E-state index < -0.39 is 0 Å². The molecule has 0 aliphatic heterocycles. The monoisotopic (exact) mass is 249 g/mol. The molecule has 2 N–H and O–H groups in total. The Morgan fingerprint density at radius 1 is 1.18 bits per heavy atom. The summed E-state index contributed by atoms with van der Waals surface area (Å²) in [5.41, 5.74) is 6.82. The zero-order valence-electron chi connectivity index (χ0n) is 9.64. The molecule has 17 heavy (non-hydrogen) atoms. The molecule has 0 aliphatic carbocycles. The van der Waals surface area contributed by atoms with Gasteiger partial charge in [-0.05, 0) is 24.1 Å². The van der Waals surface area contributed by atoms with E-state index in [1.807, 2.05) is 24.5 Å². The highest BCUT2D eigenvalue weighted by Gasteiger charge is 2.02. The largest absolute Gasteiger partial charge is 0.334 e. The van der Waals surface area contributed by atoms with E-state index in [0.29, 0.717) is 6.54 Å². The average Bonchev–Trinajstić information content (AvgIpc) is 2.77. The number of aryl methyl sites for hydroxylation is 2. The van der Waals surface area contributed by atoms with Crippen LogP contribution in [0.15, 0.2) is 36.7 Å². The van der Waals surface area contributed by atoms with Crippen LogP contribution in [-0.2, 0) is 19.4 Å². The van der Waals surface area contributed by atoms with Crippen LogP contribution in [0.4, 0.5) is 0 Å². The number of benzene rings is 1. The van der Waals surface area contributed by atoms with Crippen molar-refractivity contribution in [1.29, 1.82) is 0 Å². The third kappa shape index (κ3) is 3.32. The van der Waals surface area contributed by atoms with Gasteiger partial charge >= 0.3 is 0 Å². The first-order valence-corrected chi connectivity index (χ1v) is 6.12. The second-order valence-corrected chi connectivity index (χ2v) is 4.39. The van der Waals surface area contributed by atoms with Gasteiger partial charge in [-0.1, -0.05) is 23.7 Å². The van der Waals surface area contributed by atoms with Crippen molar-refractivity contribution < 1.29 is 0 Å². The fraction of sp³-hybridized carbons (Fsp3) is 0.308. The molecule has 0 saturated carbocycles. The van der Waals surface area contributed by atoms with Crippen LogP contribution >= 0.6 is 11.6 Å². The summed E-state index contributed by atoms with van der Waals surface area (Å²) < 4.78 is 2.11. The maximum absolute atomic E-state index is 5.85. The average molecular weight is 250 g/mol. The number of rotatable bonds is 5. The molecule has 1 aromatic carbocycles. The summed E-state index contributed by atoms with van der Waals surface area (Å²) in [5, 5.41) is 0.776. The van der Waals surface area contributed by atoms with Crippen LogP contribution in [0.5, 0.6) is 0 Å². The first kappa shape index (κ1) is 12.1. The number of imidazole rings is 1. The molecule has 4 heteroatoms. The summed E-state index contributed by atoms with van der Waals surface area (Å²) in [5.74, 6) is 1.09. The van der Waals surface area contributed by atoms with Crippen molar-refractivity contribution in [3.63, 3.8) is 0 Å². The van der Waals surface area contributed by atoms with E-state index in [1.165, 1.54) is 5.56 Å². The summed E-state index contributed by atoms with van der Waals surface area (Å²) in [6.45, 7) is 1.47. The SMILES string of the molecule is NCCn1ccnc1CCc1ccc(Cl)cc1. The van der Waals surface area contributed by atoms with Gasteiger partial charge in [-0.25, -0.2) is 4.98 Å². The predicted octanol–water partition coefficient (Wildman–Crippen LogP) is 2.28. The van der Waals surface area contributed by atoms with Crippen molar-refractivity contribution in [2.24, 2.45) is 5.73 Å². The van der Waals surface area contributed by atoms with Crippen molar-refractivity contribution >= 4 is 11.6 Å². The number of hydrogen-bond acceptors (Lipinski definition) is 2. The van der Waals surface area contributed by atoms with Gasteiger partial charge in [0.2, 0.25) is 0 Å². The van der Waals surface area contributed by atoms with Crippen molar-refractivity contribution in [3.05, 3.63) is 53.1 Å². The Morgan fingerprint density at radius 3 is 2.65 bits per heavy atom. The molecule has 0 radical (unpaired) electrons. The fourth-order valence-electron chi connectivity index (χ4n) is 1.82. The second kappa shape index (κ2) is 5.84. The van der Waals surface area contributed by atoms with Gasteiger partial charge in [0.25, 0.3) is 0 Å². The predicted molar refractivity (Wildman–Crippen MR) is 70.1 cm³/mol. The molecule has 0 aliphatic rings. The molecule has 0 bridgehead atoms. The molecule has 0 fully saturated rings. The van der Waals surface area contributed by atoms with Gasteiger partial charge in [0.05, 0.1) is 0 Å². The van der Waals surface area contributed by atoms with Crippen molar-refractivity contribution in [3.8, 4) is 0 Å². The smallest absolute Gasteiger partial charge is 0.108 e. The van der Waals surface area contributed by atoms with Gasteiger partial charge in [0.1, 0.15) is 5.82 Å². The molecule has 0 saturated heterocycles. The zero-order chi connectivity index (χ0) is 12.1. The number of halogens is 1. The minimum Gasteiger partial charge on any atom is -0.334 e. The van der Waals surface area contributed by atoms with Crippen molar-refractivity contribution in [1.82, 2.24) is 9.55 Å². The molecule has 3 nitrogen and oxygen atoms in total. The lowest BCUT2D eigenvalue weighted by molar-refractivity contribution is 0.655. The fourth-order valence-corrected chi connectivity index (χ4v) is 1.94. The third-order valence-corrected chi connectivity index (χ3v) is 2.97. The van der Waals surface area contributed by atoms with Crippen LogP contribution < -0.4 is 5.73 Å². The highest BCUT2D eigenvalue weighted by molar-refractivity contribution is 6.30. The normalized spacial score (nSPS) is 10.7. The topological polar surface area (TPSA) is 43.8 Å². The van der Waals surface area contributed by atoms with Gasteiger partial charge in [0.15, 0.2) is 0 Å². The molecular formula is C13H16ClN3. The number of aromatic nitrogens is 2. The maximum atomic E-state index is 5.85. The summed E-state index contributed by atoms with van der Waals surface area (Å²) in [7, 11) is 0. The first-order valence-electron chi connectivity index (χ1n) is 5.74. The maximum Gasteiger partial charge on any atom is 0.108 e. The molecule has 0 amide bonds. The lowest BCUT2D eigenvalue weighted by Gasteiger charge is -2.06. The first-order chi connectivity index (χ1) is 8.29. The standard InChI is InChI=1S/C13H16ClN3/c14-12-4-1-11(2-5-12)3-6-13-16-8-10-17(13)9-7-15/h1-2,4-5,8,10H,3,6-7,9,15H2. The Kier molecular flexibility index (Phi) is 4.18. The molecule has 2 rings (SSSR count). The Balaban J connectivity index is 1.97. The molecule has 0 unspecified atom stereocenters. The van der Waals surface area contributed by atoms with E-state index >= 15 is 0 Å². The Morgan fingerprint density at radius 2 is 1.94 bits per heavy atom. The molecule has 1 aromatic heterocycles. The summed E-state index contributed by atoms with van der Waals surface area (Å²) in [6, 6.07) is 7.95. The summed E-state index contributed by atoms with van der Waals surface area (Å²) in [4.78, 5) is 4.35. The van der Waals surface area contributed by atoms with E-state index in [9.17, 15) is 0 Å². The Bertz CT molecular complexity index is 462. The second-order valence-electron chi connectivity index (χ2n) is 3.95. The lowest BCUT2D eigenvalue weighted by Crippen LogP contribution is -2.12. The Labute approximate surface area is 106 Å². The number of hydrogen-bond donors (Lipinski definition) is 1.